The third-order valence-corrected chi connectivity index (χ3v) is 5.63. The number of nitrogens with zero attached hydrogens (tertiary/aromatic N) is 2. The van der Waals surface area contributed by atoms with Crippen LogP contribution in [0.4, 0.5) is 0 Å². The Labute approximate surface area is 153 Å². The number of aromatic nitrogens is 2. The van der Waals surface area contributed by atoms with Crippen molar-refractivity contribution < 1.29 is 0 Å². The molecular weight excluding hydrogens is 304 g/mol. The van der Waals surface area contributed by atoms with Gasteiger partial charge in [-0.2, -0.15) is 0 Å². The second-order valence-corrected chi connectivity index (χ2v) is 7.89. The lowest BCUT2D eigenvalue weighted by Gasteiger charge is -2.20. The summed E-state index contributed by atoms with van der Waals surface area (Å²) in [6.45, 7) is 6.93. The van der Waals surface area contributed by atoms with E-state index in [-0.39, 0.29) is 0 Å². The highest BCUT2D eigenvalue weighted by Gasteiger charge is 2.17. The van der Waals surface area contributed by atoms with Crippen LogP contribution in [0.25, 0.3) is 11.4 Å². The van der Waals surface area contributed by atoms with Crippen LogP contribution >= 0.6 is 0 Å². The molecule has 2 unspecified atom stereocenters. The fourth-order valence-electron chi connectivity index (χ4n) is 3.83. The molecule has 2 heteroatoms. The van der Waals surface area contributed by atoms with Crippen LogP contribution in [-0.2, 0) is 12.8 Å². The molecule has 3 rings (SSSR count). The third kappa shape index (κ3) is 4.68. The minimum absolute atomic E-state index is 0.636. The van der Waals surface area contributed by atoms with Crippen LogP contribution in [-0.4, -0.2) is 9.97 Å². The summed E-state index contributed by atoms with van der Waals surface area (Å²) in [7, 11) is 0. The van der Waals surface area contributed by atoms with Crippen LogP contribution < -0.4 is 0 Å². The van der Waals surface area contributed by atoms with Crippen LogP contribution in [0.15, 0.2) is 30.5 Å². The Bertz CT molecular complexity index is 675. The maximum atomic E-state index is 4.85. The molecule has 0 fully saturated rings. The van der Waals surface area contributed by atoms with E-state index < -0.39 is 0 Å². The van der Waals surface area contributed by atoms with Crippen molar-refractivity contribution in [3.63, 3.8) is 0 Å². The lowest BCUT2D eigenvalue weighted by atomic mass is 9.89. The van der Waals surface area contributed by atoms with Crippen molar-refractivity contribution in [2.45, 2.75) is 78.1 Å². The van der Waals surface area contributed by atoms with Crippen LogP contribution in [0.1, 0.15) is 82.0 Å². The summed E-state index contributed by atoms with van der Waals surface area (Å²) >= 11 is 0. The maximum Gasteiger partial charge on any atom is 0.159 e. The standard InChI is InChI=1S/C23H32N2/c1-4-5-6-7-8-18(3)19-10-12-20(13-11-19)23-24-16-21-15-17(2)9-14-22(21)25-23/h10-13,16-18H,4-9,14-15H2,1-3H3. The third-order valence-electron chi connectivity index (χ3n) is 5.63. The molecule has 0 saturated heterocycles. The summed E-state index contributed by atoms with van der Waals surface area (Å²) < 4.78 is 0. The molecule has 0 spiro atoms. The number of hydrogen-bond donors (Lipinski definition) is 0. The van der Waals surface area contributed by atoms with Gasteiger partial charge in [-0.15, -0.1) is 0 Å². The van der Waals surface area contributed by atoms with Gasteiger partial charge < -0.3 is 0 Å². The smallest absolute Gasteiger partial charge is 0.159 e. The molecule has 25 heavy (non-hydrogen) atoms. The van der Waals surface area contributed by atoms with Gasteiger partial charge in [0.05, 0.1) is 0 Å². The van der Waals surface area contributed by atoms with Gasteiger partial charge in [0.25, 0.3) is 0 Å². The van der Waals surface area contributed by atoms with Crippen LogP contribution in [0, 0.1) is 5.92 Å². The highest BCUT2D eigenvalue weighted by Crippen LogP contribution is 2.27. The molecule has 1 aliphatic carbocycles. The predicted molar refractivity (Wildman–Crippen MR) is 106 cm³/mol. The van der Waals surface area contributed by atoms with Crippen molar-refractivity contribution >= 4 is 0 Å². The van der Waals surface area contributed by atoms with Crippen molar-refractivity contribution in [1.29, 1.82) is 0 Å². The SMILES string of the molecule is CCCCCCC(C)c1ccc(-c2ncc3c(n2)CCC(C)C3)cc1. The van der Waals surface area contributed by atoms with Gasteiger partial charge in [0.15, 0.2) is 5.82 Å². The summed E-state index contributed by atoms with van der Waals surface area (Å²) in [5, 5.41) is 0. The molecule has 0 N–H and O–H groups in total. The van der Waals surface area contributed by atoms with Gasteiger partial charge in [-0.1, -0.05) is 70.7 Å². The first-order valence-corrected chi connectivity index (χ1v) is 10.1. The summed E-state index contributed by atoms with van der Waals surface area (Å²) in [5.41, 5.74) is 5.19. The average Bonchev–Trinajstić information content (AvgIpc) is 2.65. The first kappa shape index (κ1) is 18.1. The van der Waals surface area contributed by atoms with E-state index in [1.807, 2.05) is 0 Å². The normalized spacial score (nSPS) is 18.0. The Hall–Kier alpha value is -1.70. The number of benzene rings is 1. The second kappa shape index (κ2) is 8.60. The molecule has 2 atom stereocenters. The highest BCUT2D eigenvalue weighted by atomic mass is 14.9. The van der Waals surface area contributed by atoms with Gasteiger partial charge in [0.2, 0.25) is 0 Å². The topological polar surface area (TPSA) is 25.8 Å². The molecule has 1 heterocycles. The highest BCUT2D eigenvalue weighted by molar-refractivity contribution is 5.56. The maximum absolute atomic E-state index is 4.85. The number of hydrogen-bond acceptors (Lipinski definition) is 2. The van der Waals surface area contributed by atoms with Crippen LogP contribution in [0.5, 0.6) is 0 Å². The largest absolute Gasteiger partial charge is 0.236 e. The Morgan fingerprint density at radius 3 is 2.68 bits per heavy atom. The quantitative estimate of drug-likeness (QED) is 0.551. The van der Waals surface area contributed by atoms with Crippen LogP contribution in [0.2, 0.25) is 0 Å². The molecule has 2 nitrogen and oxygen atoms in total. The molecule has 134 valence electrons. The number of aryl methyl sites for hydroxylation is 1. The van der Waals surface area contributed by atoms with Crippen molar-refractivity contribution in [1.82, 2.24) is 9.97 Å². The monoisotopic (exact) mass is 336 g/mol. The molecule has 0 saturated carbocycles. The molecule has 0 amide bonds. The van der Waals surface area contributed by atoms with Crippen molar-refractivity contribution in [2.24, 2.45) is 5.92 Å². The van der Waals surface area contributed by atoms with E-state index in [0.717, 1.165) is 30.1 Å². The molecule has 1 aromatic heterocycles. The zero-order chi connectivity index (χ0) is 17.6. The van der Waals surface area contributed by atoms with Gasteiger partial charge in [-0.3, -0.25) is 0 Å². The Morgan fingerprint density at radius 2 is 1.92 bits per heavy atom. The van der Waals surface area contributed by atoms with Crippen LogP contribution in [0.3, 0.4) is 0 Å². The van der Waals surface area contributed by atoms with Gasteiger partial charge in [-0.25, -0.2) is 9.97 Å². The molecular formula is C23H32N2. The number of unbranched alkanes of at least 4 members (excludes halogenated alkanes) is 3. The molecule has 2 aromatic rings. The number of rotatable bonds is 7. The molecule has 0 radical (unpaired) electrons. The fourth-order valence-corrected chi connectivity index (χ4v) is 3.83. The summed E-state index contributed by atoms with van der Waals surface area (Å²) in [5.74, 6) is 2.28. The van der Waals surface area contributed by atoms with Gasteiger partial charge >= 0.3 is 0 Å². The molecule has 1 aromatic carbocycles. The predicted octanol–water partition coefficient (Wildman–Crippen LogP) is 6.34. The minimum Gasteiger partial charge on any atom is -0.236 e. The summed E-state index contributed by atoms with van der Waals surface area (Å²) in [4.78, 5) is 9.48. The first-order valence-electron chi connectivity index (χ1n) is 10.1. The zero-order valence-electron chi connectivity index (χ0n) is 16.1. The van der Waals surface area contributed by atoms with E-state index in [1.54, 1.807) is 0 Å². The first-order chi connectivity index (χ1) is 12.2. The van der Waals surface area contributed by atoms with E-state index in [1.165, 1.54) is 55.3 Å². The fraction of sp³-hybridized carbons (Fsp3) is 0.565. The van der Waals surface area contributed by atoms with Crippen molar-refractivity contribution in [2.75, 3.05) is 0 Å². The Morgan fingerprint density at radius 1 is 1.12 bits per heavy atom. The van der Waals surface area contributed by atoms with E-state index in [4.69, 9.17) is 4.98 Å². The molecule has 0 bridgehead atoms. The zero-order valence-corrected chi connectivity index (χ0v) is 16.1. The lowest BCUT2D eigenvalue weighted by molar-refractivity contribution is 0.492. The van der Waals surface area contributed by atoms with Gasteiger partial charge in [0.1, 0.15) is 0 Å². The van der Waals surface area contributed by atoms with E-state index in [2.05, 4.69) is 56.2 Å². The molecule has 1 aliphatic rings. The average molecular weight is 337 g/mol. The molecule has 0 aliphatic heterocycles. The number of fused-ring (bicyclic) bond motifs is 1. The van der Waals surface area contributed by atoms with Crippen molar-refractivity contribution in [3.8, 4) is 11.4 Å². The second-order valence-electron chi connectivity index (χ2n) is 7.89. The van der Waals surface area contributed by atoms with Gasteiger partial charge in [0, 0.05) is 17.5 Å². The van der Waals surface area contributed by atoms with E-state index in [0.29, 0.717) is 5.92 Å². The van der Waals surface area contributed by atoms with Crippen molar-refractivity contribution in [3.05, 3.63) is 47.3 Å². The lowest BCUT2D eigenvalue weighted by Crippen LogP contribution is -2.14. The van der Waals surface area contributed by atoms with Gasteiger partial charge in [-0.05, 0) is 48.6 Å². The Kier molecular flexibility index (Phi) is 6.23. The Balaban J connectivity index is 1.66. The van der Waals surface area contributed by atoms with E-state index in [9.17, 15) is 0 Å². The summed E-state index contributed by atoms with van der Waals surface area (Å²) in [6, 6.07) is 8.94. The van der Waals surface area contributed by atoms with E-state index >= 15 is 0 Å². The minimum atomic E-state index is 0.636. The summed E-state index contributed by atoms with van der Waals surface area (Å²) in [6.07, 6.45) is 12.2.